The number of carbonyl (C=O) groups is 1. The van der Waals surface area contributed by atoms with Gasteiger partial charge in [0.2, 0.25) is 0 Å². The Bertz CT molecular complexity index is 686. The van der Waals surface area contributed by atoms with Crippen LogP contribution >= 0.6 is 0 Å². The highest BCUT2D eigenvalue weighted by Gasteiger charge is 2.16. The molecular weight excluding hydrogens is 302 g/mol. The van der Waals surface area contributed by atoms with Crippen molar-refractivity contribution in [3.8, 4) is 0 Å². The lowest BCUT2D eigenvalue weighted by Gasteiger charge is -2.17. The van der Waals surface area contributed by atoms with Crippen molar-refractivity contribution in [1.29, 1.82) is 0 Å². The summed E-state index contributed by atoms with van der Waals surface area (Å²) >= 11 is 0. The lowest BCUT2D eigenvalue weighted by molar-refractivity contribution is 0.0714. The van der Waals surface area contributed by atoms with Gasteiger partial charge in [0.1, 0.15) is 0 Å². The van der Waals surface area contributed by atoms with Gasteiger partial charge in [-0.2, -0.15) is 5.10 Å². The van der Waals surface area contributed by atoms with Gasteiger partial charge in [0, 0.05) is 24.4 Å². The second-order valence-electron chi connectivity index (χ2n) is 6.89. The van der Waals surface area contributed by atoms with Gasteiger partial charge in [-0.1, -0.05) is 19.1 Å². The normalized spacial score (nSPS) is 12.9. The largest absolute Gasteiger partial charge is 0.390 e. The Morgan fingerprint density at radius 3 is 2.75 bits per heavy atom. The molecule has 0 radical (unpaired) electrons. The summed E-state index contributed by atoms with van der Waals surface area (Å²) < 4.78 is 1.74. The van der Waals surface area contributed by atoms with Gasteiger partial charge in [-0.3, -0.25) is 9.48 Å². The Hall–Kier alpha value is -2.14. The van der Waals surface area contributed by atoms with Gasteiger partial charge in [-0.25, -0.2) is 0 Å². The van der Waals surface area contributed by atoms with Crippen LogP contribution in [0.5, 0.6) is 0 Å². The third kappa shape index (κ3) is 5.20. The molecule has 1 aromatic heterocycles. The first-order valence-electron chi connectivity index (χ1n) is 8.39. The molecule has 130 valence electrons. The van der Waals surface area contributed by atoms with Crippen molar-refractivity contribution >= 4 is 5.91 Å². The van der Waals surface area contributed by atoms with E-state index >= 15 is 0 Å². The third-order valence-corrected chi connectivity index (χ3v) is 4.06. The predicted octanol–water partition coefficient (Wildman–Crippen LogP) is 3.00. The molecule has 2 rings (SSSR count). The molecule has 0 bridgehead atoms. The number of nitrogens with zero attached hydrogens (tertiary/aromatic N) is 2. The molecule has 5 heteroatoms. The second kappa shape index (κ2) is 7.62. The molecule has 0 fully saturated rings. The van der Waals surface area contributed by atoms with Gasteiger partial charge in [0.25, 0.3) is 5.91 Å². The number of aryl methyl sites for hydroxylation is 2. The first-order valence-corrected chi connectivity index (χ1v) is 8.39. The standard InChI is InChI=1S/C19H27N3O2/c1-5-17(16-12-20-22(4)13-16)21-18(23)15-8-6-7-14(11-15)9-10-19(2,3)24/h6-8,11-13,17,24H,5,9-10H2,1-4H3,(H,21,23)/t17-/m1/s1. The summed E-state index contributed by atoms with van der Waals surface area (Å²) in [6.07, 6.45) is 5.91. The molecule has 1 heterocycles. The van der Waals surface area contributed by atoms with Crippen molar-refractivity contribution in [2.24, 2.45) is 7.05 Å². The summed E-state index contributed by atoms with van der Waals surface area (Å²) in [5.74, 6) is -0.0872. The van der Waals surface area contributed by atoms with Crippen LogP contribution in [0, 0.1) is 0 Å². The van der Waals surface area contributed by atoms with Gasteiger partial charge < -0.3 is 10.4 Å². The van der Waals surface area contributed by atoms with Crippen molar-refractivity contribution in [3.05, 3.63) is 53.3 Å². The molecule has 0 unspecified atom stereocenters. The number of nitrogens with one attached hydrogen (secondary N) is 1. The summed E-state index contributed by atoms with van der Waals surface area (Å²) in [5.41, 5.74) is 2.00. The topological polar surface area (TPSA) is 67.2 Å². The fourth-order valence-corrected chi connectivity index (χ4v) is 2.60. The van der Waals surface area contributed by atoms with E-state index in [4.69, 9.17) is 0 Å². The smallest absolute Gasteiger partial charge is 0.251 e. The number of aromatic nitrogens is 2. The van der Waals surface area contributed by atoms with Crippen LogP contribution in [-0.4, -0.2) is 26.4 Å². The van der Waals surface area contributed by atoms with Crippen LogP contribution in [0.2, 0.25) is 0 Å². The van der Waals surface area contributed by atoms with Crippen LogP contribution < -0.4 is 5.32 Å². The molecule has 1 aromatic carbocycles. The van der Waals surface area contributed by atoms with Crippen molar-refractivity contribution in [3.63, 3.8) is 0 Å². The Morgan fingerprint density at radius 1 is 1.42 bits per heavy atom. The molecule has 24 heavy (non-hydrogen) atoms. The monoisotopic (exact) mass is 329 g/mol. The minimum absolute atomic E-state index is 0.0498. The van der Waals surface area contributed by atoms with E-state index in [1.165, 1.54) is 0 Å². The van der Waals surface area contributed by atoms with Crippen LogP contribution in [0.3, 0.4) is 0 Å². The number of hydrogen-bond donors (Lipinski definition) is 2. The van der Waals surface area contributed by atoms with E-state index in [2.05, 4.69) is 10.4 Å². The van der Waals surface area contributed by atoms with E-state index in [-0.39, 0.29) is 11.9 Å². The molecule has 2 N–H and O–H groups in total. The number of rotatable bonds is 7. The lowest BCUT2D eigenvalue weighted by Crippen LogP contribution is -2.28. The summed E-state index contributed by atoms with van der Waals surface area (Å²) in [5, 5.41) is 17.1. The zero-order valence-electron chi connectivity index (χ0n) is 14.9. The Morgan fingerprint density at radius 2 is 2.17 bits per heavy atom. The van der Waals surface area contributed by atoms with Crippen LogP contribution in [0.15, 0.2) is 36.7 Å². The number of benzene rings is 1. The highest BCUT2D eigenvalue weighted by molar-refractivity contribution is 5.94. The van der Waals surface area contributed by atoms with Gasteiger partial charge >= 0.3 is 0 Å². The van der Waals surface area contributed by atoms with E-state index in [0.29, 0.717) is 12.0 Å². The lowest BCUT2D eigenvalue weighted by atomic mass is 9.97. The van der Waals surface area contributed by atoms with E-state index in [0.717, 1.165) is 24.0 Å². The number of hydrogen-bond acceptors (Lipinski definition) is 3. The first-order chi connectivity index (χ1) is 11.3. The summed E-state index contributed by atoms with van der Waals surface area (Å²) in [7, 11) is 1.87. The number of carbonyl (C=O) groups excluding carboxylic acids is 1. The van der Waals surface area contributed by atoms with Crippen LogP contribution in [0.1, 0.15) is 61.1 Å². The minimum atomic E-state index is -0.703. The molecule has 0 aliphatic heterocycles. The van der Waals surface area contributed by atoms with E-state index < -0.39 is 5.60 Å². The van der Waals surface area contributed by atoms with Gasteiger partial charge in [0.05, 0.1) is 17.8 Å². The maximum Gasteiger partial charge on any atom is 0.251 e. The molecule has 0 saturated carbocycles. The molecule has 1 atom stereocenters. The average molecular weight is 329 g/mol. The highest BCUT2D eigenvalue weighted by Crippen LogP contribution is 2.18. The van der Waals surface area contributed by atoms with Crippen molar-refractivity contribution in [2.75, 3.05) is 0 Å². The summed E-state index contributed by atoms with van der Waals surface area (Å²) in [4.78, 5) is 12.6. The van der Waals surface area contributed by atoms with Crippen LogP contribution in [0.25, 0.3) is 0 Å². The molecule has 2 aromatic rings. The van der Waals surface area contributed by atoms with Crippen molar-refractivity contribution in [2.45, 2.75) is 51.7 Å². The molecule has 0 aliphatic carbocycles. The zero-order valence-corrected chi connectivity index (χ0v) is 14.9. The molecule has 0 spiro atoms. The Labute approximate surface area is 143 Å². The molecule has 0 saturated heterocycles. The predicted molar refractivity (Wildman–Crippen MR) is 94.8 cm³/mol. The first kappa shape index (κ1) is 18.2. The van der Waals surface area contributed by atoms with E-state index in [9.17, 15) is 9.90 Å². The Kier molecular flexibility index (Phi) is 5.78. The van der Waals surface area contributed by atoms with Gasteiger partial charge in [-0.05, 0) is 50.8 Å². The molecular formula is C19H27N3O2. The average Bonchev–Trinajstić information content (AvgIpc) is 2.96. The van der Waals surface area contributed by atoms with Gasteiger partial charge in [0.15, 0.2) is 0 Å². The SMILES string of the molecule is CC[C@@H](NC(=O)c1cccc(CCC(C)(C)O)c1)c1cnn(C)c1. The quantitative estimate of drug-likeness (QED) is 0.820. The van der Waals surface area contributed by atoms with E-state index in [1.807, 2.05) is 44.4 Å². The van der Waals surface area contributed by atoms with Crippen LogP contribution in [0.4, 0.5) is 0 Å². The van der Waals surface area contributed by atoms with Crippen molar-refractivity contribution < 1.29 is 9.90 Å². The minimum Gasteiger partial charge on any atom is -0.390 e. The molecule has 1 amide bonds. The molecule has 5 nitrogen and oxygen atoms in total. The number of aliphatic hydroxyl groups is 1. The maximum atomic E-state index is 12.6. The van der Waals surface area contributed by atoms with Crippen molar-refractivity contribution in [1.82, 2.24) is 15.1 Å². The second-order valence-corrected chi connectivity index (χ2v) is 6.89. The van der Waals surface area contributed by atoms with Gasteiger partial charge in [-0.15, -0.1) is 0 Å². The van der Waals surface area contributed by atoms with Crippen LogP contribution in [-0.2, 0) is 13.5 Å². The molecule has 0 aliphatic rings. The maximum absolute atomic E-state index is 12.6. The summed E-state index contributed by atoms with van der Waals surface area (Å²) in [6.45, 7) is 5.63. The number of amides is 1. The van der Waals surface area contributed by atoms with E-state index in [1.54, 1.807) is 24.7 Å². The summed E-state index contributed by atoms with van der Waals surface area (Å²) in [6, 6.07) is 7.54. The zero-order chi connectivity index (χ0) is 17.7. The Balaban J connectivity index is 2.06. The highest BCUT2D eigenvalue weighted by atomic mass is 16.3. The third-order valence-electron chi connectivity index (χ3n) is 4.06. The fourth-order valence-electron chi connectivity index (χ4n) is 2.60. The fraction of sp³-hybridized carbons (Fsp3) is 0.474.